The number of benzene rings is 3. The van der Waals surface area contributed by atoms with Crippen molar-refractivity contribution in [2.75, 3.05) is 13.1 Å². The third-order valence-corrected chi connectivity index (χ3v) is 5.59. The van der Waals surface area contributed by atoms with Crippen LogP contribution in [-0.2, 0) is 22.4 Å². The Hall–Kier alpha value is -3.42. The van der Waals surface area contributed by atoms with Crippen LogP contribution in [0.25, 0.3) is 10.8 Å². The summed E-state index contributed by atoms with van der Waals surface area (Å²) in [6.07, 6.45) is 2.07. The lowest BCUT2D eigenvalue weighted by molar-refractivity contribution is -0.129. The number of rotatable bonds is 11. The number of hydrogen-bond donors (Lipinski definition) is 5. The molecule has 0 aliphatic rings. The van der Waals surface area contributed by atoms with Gasteiger partial charge in [-0.2, -0.15) is 0 Å². The average molecular weight is 449 g/mol. The molecular weight excluding hydrogens is 416 g/mol. The average Bonchev–Trinajstić information content (AvgIpc) is 2.83. The SMILES string of the molecule is NCCC[C@@H](N)C(=O)N[C@@H](Cc1ccc2ccccc2c1)C(=O)NCCc1ccc(O)cc1. The summed E-state index contributed by atoms with van der Waals surface area (Å²) < 4.78 is 0. The second kappa shape index (κ2) is 12.0. The molecule has 0 bridgehead atoms. The fourth-order valence-corrected chi connectivity index (χ4v) is 3.67. The highest BCUT2D eigenvalue weighted by Gasteiger charge is 2.24. The van der Waals surface area contributed by atoms with Gasteiger partial charge < -0.3 is 27.2 Å². The Balaban J connectivity index is 1.68. The summed E-state index contributed by atoms with van der Waals surface area (Å²) in [7, 11) is 0. The van der Waals surface area contributed by atoms with Gasteiger partial charge in [0.15, 0.2) is 0 Å². The van der Waals surface area contributed by atoms with Crippen molar-refractivity contribution in [3.63, 3.8) is 0 Å². The van der Waals surface area contributed by atoms with Crippen LogP contribution in [0.5, 0.6) is 5.75 Å². The molecule has 174 valence electrons. The van der Waals surface area contributed by atoms with E-state index in [-0.39, 0.29) is 17.6 Å². The quantitative estimate of drug-likeness (QED) is 0.306. The van der Waals surface area contributed by atoms with Crippen LogP contribution in [-0.4, -0.2) is 42.1 Å². The summed E-state index contributed by atoms with van der Waals surface area (Å²) in [4.78, 5) is 25.6. The zero-order chi connectivity index (χ0) is 23.6. The van der Waals surface area contributed by atoms with Gasteiger partial charge in [0.1, 0.15) is 11.8 Å². The maximum absolute atomic E-state index is 13.0. The van der Waals surface area contributed by atoms with E-state index in [0.717, 1.165) is 21.9 Å². The van der Waals surface area contributed by atoms with Crippen molar-refractivity contribution >= 4 is 22.6 Å². The van der Waals surface area contributed by atoms with Crippen molar-refractivity contribution in [1.29, 1.82) is 0 Å². The molecule has 0 heterocycles. The lowest BCUT2D eigenvalue weighted by atomic mass is 10.0. The second-order valence-electron chi connectivity index (χ2n) is 8.19. The Labute approximate surface area is 194 Å². The van der Waals surface area contributed by atoms with Gasteiger partial charge in [-0.3, -0.25) is 9.59 Å². The number of nitrogens with one attached hydrogen (secondary N) is 2. The Bertz CT molecular complexity index is 1070. The number of hydrogen-bond acceptors (Lipinski definition) is 5. The molecule has 3 rings (SSSR count). The van der Waals surface area contributed by atoms with Crippen LogP contribution < -0.4 is 22.1 Å². The molecule has 7 heteroatoms. The summed E-state index contributed by atoms with van der Waals surface area (Å²) in [5.41, 5.74) is 13.4. The first-order valence-electron chi connectivity index (χ1n) is 11.3. The molecule has 0 unspecified atom stereocenters. The molecule has 3 aromatic rings. The van der Waals surface area contributed by atoms with Gasteiger partial charge in [-0.15, -0.1) is 0 Å². The fourth-order valence-electron chi connectivity index (χ4n) is 3.67. The minimum absolute atomic E-state index is 0.201. The topological polar surface area (TPSA) is 130 Å². The summed E-state index contributed by atoms with van der Waals surface area (Å²) >= 11 is 0. The van der Waals surface area contributed by atoms with E-state index in [2.05, 4.69) is 10.6 Å². The van der Waals surface area contributed by atoms with Gasteiger partial charge in [0.25, 0.3) is 0 Å². The zero-order valence-corrected chi connectivity index (χ0v) is 18.7. The van der Waals surface area contributed by atoms with Crippen molar-refractivity contribution < 1.29 is 14.7 Å². The van der Waals surface area contributed by atoms with E-state index in [1.54, 1.807) is 12.1 Å². The maximum Gasteiger partial charge on any atom is 0.242 e. The predicted octanol–water partition coefficient (Wildman–Crippen LogP) is 2.00. The molecule has 0 aliphatic carbocycles. The normalized spacial score (nSPS) is 12.8. The summed E-state index contributed by atoms with van der Waals surface area (Å²) in [5.74, 6) is -0.420. The van der Waals surface area contributed by atoms with Crippen molar-refractivity contribution in [1.82, 2.24) is 10.6 Å². The van der Waals surface area contributed by atoms with E-state index >= 15 is 0 Å². The largest absolute Gasteiger partial charge is 0.508 e. The van der Waals surface area contributed by atoms with Crippen LogP contribution in [0.1, 0.15) is 24.0 Å². The van der Waals surface area contributed by atoms with Gasteiger partial charge >= 0.3 is 0 Å². The van der Waals surface area contributed by atoms with E-state index in [0.29, 0.717) is 38.8 Å². The van der Waals surface area contributed by atoms with Crippen molar-refractivity contribution in [3.05, 3.63) is 77.9 Å². The van der Waals surface area contributed by atoms with E-state index in [1.807, 2.05) is 54.6 Å². The number of phenols is 1. The molecule has 0 saturated heterocycles. The fraction of sp³-hybridized carbons (Fsp3) is 0.308. The first-order valence-corrected chi connectivity index (χ1v) is 11.3. The van der Waals surface area contributed by atoms with Gasteiger partial charge in [-0.05, 0) is 59.8 Å². The molecule has 7 N–H and O–H groups in total. The van der Waals surface area contributed by atoms with Crippen LogP contribution >= 0.6 is 0 Å². The summed E-state index contributed by atoms with van der Waals surface area (Å²) in [6, 6.07) is 19.4. The molecule has 2 atom stereocenters. The molecule has 2 amide bonds. The summed E-state index contributed by atoms with van der Waals surface area (Å²) in [5, 5.41) is 17.3. The van der Waals surface area contributed by atoms with Crippen molar-refractivity contribution in [3.8, 4) is 5.75 Å². The van der Waals surface area contributed by atoms with E-state index in [4.69, 9.17) is 11.5 Å². The highest BCUT2D eigenvalue weighted by molar-refractivity contribution is 5.90. The van der Waals surface area contributed by atoms with E-state index < -0.39 is 12.1 Å². The number of nitrogens with two attached hydrogens (primary N) is 2. The highest BCUT2D eigenvalue weighted by Crippen LogP contribution is 2.17. The highest BCUT2D eigenvalue weighted by atomic mass is 16.3. The minimum Gasteiger partial charge on any atom is -0.508 e. The number of carbonyl (C=O) groups is 2. The lowest BCUT2D eigenvalue weighted by Crippen LogP contribution is -2.52. The molecule has 0 fully saturated rings. The Morgan fingerprint density at radius 2 is 1.61 bits per heavy atom. The second-order valence-corrected chi connectivity index (χ2v) is 8.19. The maximum atomic E-state index is 13.0. The standard InChI is InChI=1S/C26H32N4O3/c27-14-3-6-23(28)25(32)30-24(17-19-7-10-20-4-1-2-5-21(20)16-19)26(33)29-15-13-18-8-11-22(31)12-9-18/h1-2,4-5,7-12,16,23-24,31H,3,6,13-15,17,27-28H2,(H,29,33)(H,30,32)/t23-,24+/m1/s1. The number of aromatic hydroxyl groups is 1. The Morgan fingerprint density at radius 3 is 2.33 bits per heavy atom. The summed E-state index contributed by atoms with van der Waals surface area (Å²) in [6.45, 7) is 0.867. The van der Waals surface area contributed by atoms with Gasteiger partial charge in [-0.25, -0.2) is 0 Å². The lowest BCUT2D eigenvalue weighted by Gasteiger charge is -2.21. The first kappa shape index (κ1) is 24.2. The van der Waals surface area contributed by atoms with Crippen LogP contribution in [0.4, 0.5) is 0 Å². The van der Waals surface area contributed by atoms with Gasteiger partial charge in [0.05, 0.1) is 6.04 Å². The zero-order valence-electron chi connectivity index (χ0n) is 18.7. The van der Waals surface area contributed by atoms with E-state index in [9.17, 15) is 14.7 Å². The van der Waals surface area contributed by atoms with Gasteiger partial charge in [0.2, 0.25) is 11.8 Å². The number of phenolic OH excluding ortho intramolecular Hbond substituents is 1. The molecule has 0 aliphatic heterocycles. The van der Waals surface area contributed by atoms with Gasteiger partial charge in [-0.1, -0.05) is 54.6 Å². The number of amides is 2. The molecule has 0 saturated carbocycles. The first-order chi connectivity index (χ1) is 16.0. The molecule has 0 radical (unpaired) electrons. The minimum atomic E-state index is -0.748. The van der Waals surface area contributed by atoms with Crippen molar-refractivity contribution in [2.24, 2.45) is 11.5 Å². The predicted molar refractivity (Wildman–Crippen MR) is 131 cm³/mol. The number of fused-ring (bicyclic) bond motifs is 1. The third kappa shape index (κ3) is 7.30. The molecule has 0 spiro atoms. The Kier molecular flexibility index (Phi) is 8.80. The molecule has 3 aromatic carbocycles. The van der Waals surface area contributed by atoms with E-state index in [1.165, 1.54) is 0 Å². The van der Waals surface area contributed by atoms with Crippen LogP contribution in [0.3, 0.4) is 0 Å². The molecule has 0 aromatic heterocycles. The van der Waals surface area contributed by atoms with Crippen LogP contribution in [0, 0.1) is 0 Å². The number of carbonyl (C=O) groups excluding carboxylic acids is 2. The molecule has 33 heavy (non-hydrogen) atoms. The van der Waals surface area contributed by atoms with Crippen LogP contribution in [0.2, 0.25) is 0 Å². The van der Waals surface area contributed by atoms with Crippen molar-refractivity contribution in [2.45, 2.75) is 37.8 Å². The van der Waals surface area contributed by atoms with Crippen LogP contribution in [0.15, 0.2) is 66.7 Å². The third-order valence-electron chi connectivity index (χ3n) is 5.59. The Morgan fingerprint density at radius 1 is 0.909 bits per heavy atom. The van der Waals surface area contributed by atoms with Gasteiger partial charge in [0, 0.05) is 13.0 Å². The smallest absolute Gasteiger partial charge is 0.242 e. The molecule has 7 nitrogen and oxygen atoms in total. The monoisotopic (exact) mass is 448 g/mol. The molecular formula is C26H32N4O3.